The summed E-state index contributed by atoms with van der Waals surface area (Å²) in [6, 6.07) is 12.0. The lowest BCUT2D eigenvalue weighted by atomic mass is 9.81. The fraction of sp³-hybridized carbons (Fsp3) is 0.400. The first-order valence-corrected chi connectivity index (χ1v) is 8.23. The van der Waals surface area contributed by atoms with E-state index in [-0.39, 0.29) is 17.8 Å². The number of rotatable bonds is 5. The van der Waals surface area contributed by atoms with Gasteiger partial charge in [0, 0.05) is 16.5 Å². The largest absolute Gasteiger partial charge is 0.508 e. The number of hydrogen-bond donors (Lipinski definition) is 2. The highest BCUT2D eigenvalue weighted by atomic mass is 16.5. The van der Waals surface area contributed by atoms with Gasteiger partial charge in [-0.2, -0.15) is 0 Å². The van der Waals surface area contributed by atoms with Crippen LogP contribution in [0.3, 0.4) is 0 Å². The molecule has 1 unspecified atom stereocenters. The van der Waals surface area contributed by atoms with Gasteiger partial charge in [0.15, 0.2) is 0 Å². The summed E-state index contributed by atoms with van der Waals surface area (Å²) < 4.78 is 5.81. The number of aryl methyl sites for hydroxylation is 2. The normalized spacial score (nSPS) is 19.4. The van der Waals surface area contributed by atoms with Gasteiger partial charge in [-0.05, 0) is 42.5 Å². The van der Waals surface area contributed by atoms with Crippen LogP contribution in [0.25, 0.3) is 0 Å². The van der Waals surface area contributed by atoms with E-state index in [4.69, 9.17) is 9.84 Å². The second-order valence-electron chi connectivity index (χ2n) is 6.65. The highest BCUT2D eigenvalue weighted by Gasteiger charge is 2.34. The molecular formula is C20H24O3. The molecule has 0 saturated carbocycles. The topological polar surface area (TPSA) is 49.7 Å². The molecule has 0 radical (unpaired) electrons. The summed E-state index contributed by atoms with van der Waals surface area (Å²) >= 11 is 0. The molecule has 23 heavy (non-hydrogen) atoms. The predicted molar refractivity (Wildman–Crippen MR) is 91.0 cm³/mol. The van der Waals surface area contributed by atoms with E-state index in [1.165, 1.54) is 11.1 Å². The smallest absolute Gasteiger partial charge is 0.123 e. The van der Waals surface area contributed by atoms with Crippen LogP contribution in [0.15, 0.2) is 36.4 Å². The lowest BCUT2D eigenvalue weighted by Crippen LogP contribution is -2.22. The third-order valence-electron chi connectivity index (χ3n) is 5.04. The van der Waals surface area contributed by atoms with Crippen molar-refractivity contribution in [3.8, 4) is 11.5 Å². The average molecular weight is 312 g/mol. The van der Waals surface area contributed by atoms with E-state index in [1.807, 2.05) is 6.07 Å². The zero-order valence-electron chi connectivity index (χ0n) is 13.8. The minimum atomic E-state index is -0.132. The highest BCUT2D eigenvalue weighted by Crippen LogP contribution is 2.41. The summed E-state index contributed by atoms with van der Waals surface area (Å²) in [5, 5.41) is 18.9. The molecule has 1 heterocycles. The molecule has 1 aliphatic rings. The quantitative estimate of drug-likeness (QED) is 0.884. The van der Waals surface area contributed by atoms with Crippen molar-refractivity contribution in [1.82, 2.24) is 0 Å². The van der Waals surface area contributed by atoms with Gasteiger partial charge in [0.25, 0.3) is 0 Å². The maximum atomic E-state index is 9.84. The van der Waals surface area contributed by atoms with Crippen molar-refractivity contribution in [3.05, 3.63) is 58.7 Å². The van der Waals surface area contributed by atoms with Crippen molar-refractivity contribution in [2.24, 2.45) is 0 Å². The van der Waals surface area contributed by atoms with Crippen LogP contribution >= 0.6 is 0 Å². The Balaban J connectivity index is 1.75. The fourth-order valence-electron chi connectivity index (χ4n) is 3.12. The van der Waals surface area contributed by atoms with Gasteiger partial charge >= 0.3 is 0 Å². The van der Waals surface area contributed by atoms with Gasteiger partial charge in [-0.25, -0.2) is 0 Å². The van der Waals surface area contributed by atoms with E-state index in [9.17, 15) is 5.11 Å². The third-order valence-corrected chi connectivity index (χ3v) is 5.04. The number of aliphatic hydroxyl groups excluding tert-OH is 1. The summed E-state index contributed by atoms with van der Waals surface area (Å²) in [5.74, 6) is 1.19. The summed E-state index contributed by atoms with van der Waals surface area (Å²) in [7, 11) is 0. The summed E-state index contributed by atoms with van der Waals surface area (Å²) in [5.41, 5.74) is 4.37. The van der Waals surface area contributed by atoms with Crippen LogP contribution in [0.2, 0.25) is 0 Å². The van der Waals surface area contributed by atoms with Crippen molar-refractivity contribution >= 4 is 0 Å². The van der Waals surface area contributed by atoms with Crippen molar-refractivity contribution < 1.29 is 14.9 Å². The van der Waals surface area contributed by atoms with Gasteiger partial charge in [-0.3, -0.25) is 0 Å². The Kier molecular flexibility index (Phi) is 4.31. The van der Waals surface area contributed by atoms with Gasteiger partial charge in [-0.1, -0.05) is 38.1 Å². The average Bonchev–Trinajstić information content (AvgIpc) is 2.90. The molecule has 0 aliphatic carbocycles. The van der Waals surface area contributed by atoms with E-state index >= 15 is 0 Å². The molecule has 2 N–H and O–H groups in total. The summed E-state index contributed by atoms with van der Waals surface area (Å²) in [6.07, 6.45) is 2.85. The van der Waals surface area contributed by atoms with Gasteiger partial charge in [0.05, 0.1) is 13.2 Å². The van der Waals surface area contributed by atoms with Crippen molar-refractivity contribution in [1.29, 1.82) is 0 Å². The van der Waals surface area contributed by atoms with Crippen molar-refractivity contribution in [2.45, 2.75) is 45.1 Å². The van der Waals surface area contributed by atoms with Gasteiger partial charge in [-0.15, -0.1) is 0 Å². The van der Waals surface area contributed by atoms with E-state index in [0.29, 0.717) is 5.56 Å². The number of phenols is 1. The molecule has 0 amide bonds. The molecule has 122 valence electrons. The number of fused-ring (bicyclic) bond motifs is 1. The number of aliphatic hydroxyl groups is 1. The van der Waals surface area contributed by atoms with Crippen LogP contribution in [0.4, 0.5) is 0 Å². The maximum Gasteiger partial charge on any atom is 0.123 e. The van der Waals surface area contributed by atoms with Crippen molar-refractivity contribution in [2.75, 3.05) is 6.61 Å². The summed E-state index contributed by atoms with van der Waals surface area (Å²) in [4.78, 5) is 0. The van der Waals surface area contributed by atoms with Gasteiger partial charge in [0.1, 0.15) is 11.5 Å². The molecule has 0 saturated heterocycles. The zero-order valence-corrected chi connectivity index (χ0v) is 13.8. The first-order valence-electron chi connectivity index (χ1n) is 8.23. The molecule has 0 aromatic heterocycles. The minimum Gasteiger partial charge on any atom is -0.508 e. The highest BCUT2D eigenvalue weighted by molar-refractivity contribution is 5.46. The van der Waals surface area contributed by atoms with Crippen LogP contribution in [-0.2, 0) is 24.9 Å². The number of ether oxygens (including phenoxy) is 1. The Morgan fingerprint density at radius 3 is 2.43 bits per heavy atom. The molecule has 0 fully saturated rings. The predicted octanol–water partition coefficient (Wildman–Crippen LogP) is 3.73. The Bertz CT molecular complexity index is 708. The molecular weight excluding hydrogens is 288 g/mol. The molecule has 3 heteroatoms. The second kappa shape index (κ2) is 6.25. The Hall–Kier alpha value is -2.00. The van der Waals surface area contributed by atoms with Crippen LogP contribution in [0, 0.1) is 0 Å². The molecule has 1 atom stereocenters. The zero-order chi connectivity index (χ0) is 16.4. The van der Waals surface area contributed by atoms with E-state index < -0.39 is 0 Å². The molecule has 1 aliphatic heterocycles. The molecule has 0 spiro atoms. The van der Waals surface area contributed by atoms with E-state index in [0.717, 1.165) is 37.2 Å². The molecule has 2 aromatic rings. The Morgan fingerprint density at radius 1 is 1.09 bits per heavy atom. The van der Waals surface area contributed by atoms with E-state index in [2.05, 4.69) is 32.0 Å². The fourth-order valence-corrected chi connectivity index (χ4v) is 3.12. The minimum absolute atomic E-state index is 0.117. The summed E-state index contributed by atoms with van der Waals surface area (Å²) in [6.45, 7) is 5.09. The number of hydrogen-bond acceptors (Lipinski definition) is 3. The number of aromatic hydroxyl groups is 1. The van der Waals surface area contributed by atoms with Crippen LogP contribution < -0.4 is 4.74 Å². The third kappa shape index (κ3) is 3.06. The molecule has 2 aromatic carbocycles. The van der Waals surface area contributed by atoms with Gasteiger partial charge < -0.3 is 14.9 Å². The van der Waals surface area contributed by atoms with Crippen LogP contribution in [0.5, 0.6) is 11.5 Å². The molecule has 3 nitrogen and oxygen atoms in total. The Morgan fingerprint density at radius 2 is 1.78 bits per heavy atom. The van der Waals surface area contributed by atoms with Crippen LogP contribution in [0.1, 0.15) is 42.5 Å². The van der Waals surface area contributed by atoms with Crippen molar-refractivity contribution in [3.63, 3.8) is 0 Å². The maximum absolute atomic E-state index is 9.84. The lowest BCUT2D eigenvalue weighted by Gasteiger charge is -2.20. The first kappa shape index (κ1) is 15.9. The van der Waals surface area contributed by atoms with Gasteiger partial charge in [0.2, 0.25) is 0 Å². The standard InChI is InChI=1S/C20H24O3/c1-3-20(2)13-23-19-9-7-14(10-17(19)20)4-5-15-6-8-16(12-21)18(22)11-15/h6-11,21-22H,3-5,12-13H2,1-2H3. The second-order valence-corrected chi connectivity index (χ2v) is 6.65. The lowest BCUT2D eigenvalue weighted by molar-refractivity contribution is 0.273. The van der Waals surface area contributed by atoms with E-state index in [1.54, 1.807) is 12.1 Å². The van der Waals surface area contributed by atoms with Crippen LogP contribution in [-0.4, -0.2) is 16.8 Å². The SMILES string of the molecule is CCC1(C)COc2ccc(CCc3ccc(CO)c(O)c3)cc21. The Labute approximate surface area is 137 Å². The molecule has 0 bridgehead atoms. The first-order chi connectivity index (χ1) is 11.1. The monoisotopic (exact) mass is 312 g/mol. The molecule has 3 rings (SSSR count). The number of benzene rings is 2.